The van der Waals surface area contributed by atoms with Gasteiger partial charge in [-0.05, 0) is 61.5 Å². The van der Waals surface area contributed by atoms with Crippen molar-refractivity contribution in [1.82, 2.24) is 34.9 Å². The molecule has 2 aromatic carbocycles. The fourth-order valence-electron chi connectivity index (χ4n) is 5.89. The van der Waals surface area contributed by atoms with Gasteiger partial charge in [-0.3, -0.25) is 4.90 Å². The average Bonchev–Trinajstić information content (AvgIpc) is 3.88. The number of aliphatic hydroxyl groups is 1. The maximum Gasteiger partial charge on any atom is 0.511 e. The van der Waals surface area contributed by atoms with Crippen molar-refractivity contribution >= 4 is 17.9 Å². The van der Waals surface area contributed by atoms with Gasteiger partial charge in [-0.1, -0.05) is 6.07 Å². The molecular weight excluding hydrogens is 636 g/mol. The number of carbonyl (C=O) groups is 2. The first-order chi connectivity index (χ1) is 22.9. The van der Waals surface area contributed by atoms with Gasteiger partial charge in [0.1, 0.15) is 30.1 Å². The second kappa shape index (κ2) is 12.9. The third-order valence-corrected chi connectivity index (χ3v) is 8.40. The Labute approximate surface area is 273 Å². The molecule has 16 nitrogen and oxygen atoms in total. The molecule has 0 bridgehead atoms. The second-order valence-electron chi connectivity index (χ2n) is 11.8. The maximum absolute atomic E-state index is 15.4. The first kappa shape index (κ1) is 32.9. The molecule has 4 heterocycles. The largest absolute Gasteiger partial charge is 0.511 e. The molecule has 2 amide bonds. The number of ether oxygens (including phenoxy) is 4. The smallest absolute Gasteiger partial charge is 0.438 e. The van der Waals surface area contributed by atoms with E-state index in [1.807, 2.05) is 0 Å². The molecule has 0 spiro atoms. The minimum absolute atomic E-state index is 0.0859. The SMILES string of the molecule is COC(=O)OC([C@@H]1COC(C)(C)O1)[n+]1cnn(C[C@](O)(c2ccc(F)cc2F)[C@@H](C)N2CCN(c3ccc(-n4cnnn4)cc3)C2=O)c1. The van der Waals surface area contributed by atoms with Gasteiger partial charge in [-0.15, -0.1) is 9.78 Å². The van der Waals surface area contributed by atoms with Crippen LogP contribution < -0.4 is 9.47 Å². The molecule has 18 heteroatoms. The van der Waals surface area contributed by atoms with Crippen molar-refractivity contribution in [2.24, 2.45) is 0 Å². The highest BCUT2D eigenvalue weighted by Crippen LogP contribution is 2.35. The van der Waals surface area contributed by atoms with Gasteiger partial charge in [-0.25, -0.2) is 23.1 Å². The summed E-state index contributed by atoms with van der Waals surface area (Å²) in [7, 11) is 1.16. The van der Waals surface area contributed by atoms with Crippen LogP contribution in [-0.4, -0.2) is 96.9 Å². The third kappa shape index (κ3) is 6.41. The Bertz CT molecular complexity index is 1770. The summed E-state index contributed by atoms with van der Waals surface area (Å²) in [5.74, 6) is -2.78. The number of amides is 2. The van der Waals surface area contributed by atoms with Crippen molar-refractivity contribution in [2.75, 3.05) is 31.7 Å². The molecule has 2 aliphatic rings. The summed E-state index contributed by atoms with van der Waals surface area (Å²) in [6.07, 6.45) is 1.39. The van der Waals surface area contributed by atoms with Crippen LogP contribution in [0.25, 0.3) is 5.69 Å². The fraction of sp³-hybridized carbons (Fsp3) is 0.433. The minimum atomic E-state index is -2.12. The first-order valence-corrected chi connectivity index (χ1v) is 15.0. The average molecular weight is 671 g/mol. The van der Waals surface area contributed by atoms with E-state index in [0.29, 0.717) is 17.4 Å². The van der Waals surface area contributed by atoms with Crippen LogP contribution in [0.1, 0.15) is 32.6 Å². The number of aromatic nitrogens is 7. The van der Waals surface area contributed by atoms with Crippen molar-refractivity contribution in [3.63, 3.8) is 0 Å². The molecular formula is C30H34F2N9O7+. The number of benzene rings is 2. The van der Waals surface area contributed by atoms with Gasteiger partial charge in [-0.2, -0.15) is 4.57 Å². The van der Waals surface area contributed by atoms with Gasteiger partial charge in [0.15, 0.2) is 11.9 Å². The summed E-state index contributed by atoms with van der Waals surface area (Å²) < 4.78 is 55.3. The number of urea groups is 1. The van der Waals surface area contributed by atoms with Gasteiger partial charge < -0.3 is 29.0 Å². The molecule has 2 saturated heterocycles. The zero-order valence-electron chi connectivity index (χ0n) is 26.5. The summed E-state index contributed by atoms with van der Waals surface area (Å²) in [5.41, 5.74) is -1.08. The van der Waals surface area contributed by atoms with E-state index in [2.05, 4.69) is 25.4 Å². The lowest BCUT2D eigenvalue weighted by atomic mass is 9.85. The van der Waals surface area contributed by atoms with Crippen molar-refractivity contribution < 1.29 is 47.0 Å². The lowest BCUT2D eigenvalue weighted by Gasteiger charge is -2.38. The molecule has 6 rings (SSSR count). The van der Waals surface area contributed by atoms with Crippen molar-refractivity contribution in [1.29, 1.82) is 0 Å². The van der Waals surface area contributed by atoms with Gasteiger partial charge in [0, 0.05) is 35.5 Å². The number of tetrazole rings is 1. The van der Waals surface area contributed by atoms with Crippen molar-refractivity contribution in [3.05, 3.63) is 78.6 Å². The van der Waals surface area contributed by atoms with E-state index in [0.717, 1.165) is 19.2 Å². The molecule has 254 valence electrons. The summed E-state index contributed by atoms with van der Waals surface area (Å²) in [6, 6.07) is 8.36. The maximum atomic E-state index is 15.4. The number of hydrogen-bond donors (Lipinski definition) is 1. The van der Waals surface area contributed by atoms with Crippen LogP contribution >= 0.6 is 0 Å². The Hall–Kier alpha value is -5.07. The van der Waals surface area contributed by atoms with Gasteiger partial charge in [0.05, 0.1) is 25.4 Å². The molecule has 2 fully saturated rings. The number of rotatable bonds is 10. The van der Waals surface area contributed by atoms with Crippen LogP contribution in [-0.2, 0) is 31.1 Å². The lowest BCUT2D eigenvalue weighted by molar-refractivity contribution is -0.765. The number of nitrogens with zero attached hydrogens (tertiary/aromatic N) is 9. The number of anilines is 1. The normalized spacial score (nSPS) is 20.1. The molecule has 48 heavy (non-hydrogen) atoms. The third-order valence-electron chi connectivity index (χ3n) is 8.40. The van der Waals surface area contributed by atoms with Crippen molar-refractivity contribution in [2.45, 2.75) is 57.1 Å². The standard InChI is InChI=1S/C30H34F2N9O7/c1-19(39-11-12-40(27(39)42)21-6-8-22(9-7-21)41-16-33-35-36-41)30(44,23-10-5-20(31)13-24(23)32)15-38-18-37(17-34-38)26(47-28(43)45-4)25-14-46-29(2,3)48-25/h5-10,13,16-19,25-26,44H,11-12,14-15H2,1-4H3/q+1/t19-,25+,26?,30-/m1/s1. The number of methoxy groups -OCH3 is 1. The zero-order valence-corrected chi connectivity index (χ0v) is 26.5. The Morgan fingerprint density at radius 3 is 2.58 bits per heavy atom. The van der Waals surface area contributed by atoms with Crippen LogP contribution in [0.15, 0.2) is 61.4 Å². The van der Waals surface area contributed by atoms with E-state index in [1.165, 1.54) is 42.7 Å². The van der Waals surface area contributed by atoms with E-state index in [-0.39, 0.29) is 31.8 Å². The van der Waals surface area contributed by atoms with Crippen LogP contribution in [0.2, 0.25) is 0 Å². The summed E-state index contributed by atoms with van der Waals surface area (Å²) in [5, 5.41) is 27.8. The van der Waals surface area contributed by atoms with Crippen molar-refractivity contribution in [3.8, 4) is 5.69 Å². The lowest BCUT2D eigenvalue weighted by Crippen LogP contribution is -2.53. The Morgan fingerprint density at radius 2 is 1.94 bits per heavy atom. The number of hydrogen-bond acceptors (Lipinski definition) is 11. The molecule has 2 aliphatic heterocycles. The predicted molar refractivity (Wildman–Crippen MR) is 158 cm³/mol. The Balaban J connectivity index is 1.28. The molecule has 0 radical (unpaired) electrons. The summed E-state index contributed by atoms with van der Waals surface area (Å²) in [4.78, 5) is 28.9. The van der Waals surface area contributed by atoms with E-state index >= 15 is 4.39 Å². The highest BCUT2D eigenvalue weighted by atomic mass is 19.1. The topological polar surface area (TPSA) is 163 Å². The van der Waals surface area contributed by atoms with Crippen LogP contribution in [0.4, 0.5) is 24.1 Å². The number of carbonyl (C=O) groups excluding carboxylic acids is 2. The van der Waals surface area contributed by atoms with Crippen LogP contribution in [0.5, 0.6) is 0 Å². The van der Waals surface area contributed by atoms with Gasteiger partial charge >= 0.3 is 12.2 Å². The summed E-state index contributed by atoms with van der Waals surface area (Å²) >= 11 is 0. The monoisotopic (exact) mass is 670 g/mol. The fourth-order valence-corrected chi connectivity index (χ4v) is 5.89. The van der Waals surface area contributed by atoms with E-state index in [4.69, 9.17) is 14.2 Å². The number of halogens is 2. The Morgan fingerprint density at radius 1 is 1.19 bits per heavy atom. The van der Waals surface area contributed by atoms with E-state index < -0.39 is 53.6 Å². The molecule has 0 aliphatic carbocycles. The van der Waals surface area contributed by atoms with Gasteiger partial charge in [0.25, 0.3) is 12.6 Å². The Kier molecular flexibility index (Phi) is 8.80. The second-order valence-corrected chi connectivity index (χ2v) is 11.8. The minimum Gasteiger partial charge on any atom is -0.438 e. The molecule has 4 aromatic rings. The quantitative estimate of drug-likeness (QED) is 0.194. The highest BCUT2D eigenvalue weighted by Gasteiger charge is 2.48. The predicted octanol–water partition coefficient (Wildman–Crippen LogP) is 2.08. The van der Waals surface area contributed by atoms with Crippen LogP contribution in [0.3, 0.4) is 0 Å². The van der Waals surface area contributed by atoms with E-state index in [1.54, 1.807) is 45.0 Å². The van der Waals surface area contributed by atoms with Gasteiger partial charge in [0.2, 0.25) is 6.33 Å². The van der Waals surface area contributed by atoms with E-state index in [9.17, 15) is 19.1 Å². The zero-order chi connectivity index (χ0) is 34.2. The molecule has 2 aromatic heterocycles. The molecule has 4 atom stereocenters. The molecule has 1 N–H and O–H groups in total. The molecule has 1 unspecified atom stereocenters. The highest BCUT2D eigenvalue weighted by molar-refractivity contribution is 5.94. The first-order valence-electron chi connectivity index (χ1n) is 15.0. The summed E-state index contributed by atoms with van der Waals surface area (Å²) in [6.45, 7) is 5.18. The molecule has 0 saturated carbocycles. The van der Waals surface area contributed by atoms with Crippen LogP contribution in [0, 0.1) is 11.6 Å².